The summed E-state index contributed by atoms with van der Waals surface area (Å²) in [5, 5.41) is 4.28. The molecule has 2 aromatic rings. The molecular weight excluding hydrogens is 460 g/mol. The number of carbonyl (C=O) groups excluding carboxylic acids is 2. The summed E-state index contributed by atoms with van der Waals surface area (Å²) in [5.41, 5.74) is 6.82. The maximum absolute atomic E-state index is 12.3. The van der Waals surface area contributed by atoms with Crippen molar-refractivity contribution in [3.8, 4) is 16.9 Å². The van der Waals surface area contributed by atoms with Crippen LogP contribution in [0.3, 0.4) is 0 Å². The minimum Gasteiger partial charge on any atom is -0.489 e. The van der Waals surface area contributed by atoms with Crippen molar-refractivity contribution in [1.29, 1.82) is 0 Å². The van der Waals surface area contributed by atoms with Crippen molar-refractivity contribution in [2.24, 2.45) is 5.73 Å². The molecule has 0 unspecified atom stereocenters. The highest BCUT2D eigenvalue weighted by atomic mass is 32.2. The number of aromatic nitrogens is 2. The minimum absolute atomic E-state index is 0.0835. The van der Waals surface area contributed by atoms with Crippen LogP contribution in [0.5, 0.6) is 5.75 Å². The molecule has 2 aliphatic heterocycles. The second-order valence-electron chi connectivity index (χ2n) is 9.80. The first-order chi connectivity index (χ1) is 15.9. The van der Waals surface area contributed by atoms with E-state index in [0.717, 1.165) is 11.1 Å². The number of carbonyl (C=O) groups is 2. The number of primary amides is 1. The van der Waals surface area contributed by atoms with Crippen LogP contribution in [-0.4, -0.2) is 71.4 Å². The summed E-state index contributed by atoms with van der Waals surface area (Å²) in [6.45, 7) is 6.49. The van der Waals surface area contributed by atoms with E-state index in [1.54, 1.807) is 34.1 Å². The van der Waals surface area contributed by atoms with E-state index < -0.39 is 21.3 Å². The molecule has 184 valence electrons. The number of nitrogens with zero attached hydrogens (tertiary/aromatic N) is 3. The molecule has 0 bridgehead atoms. The first kappa shape index (κ1) is 24.1. The molecule has 0 aliphatic carbocycles. The van der Waals surface area contributed by atoms with Crippen LogP contribution in [0, 0.1) is 0 Å². The molecule has 1 aromatic heterocycles. The Morgan fingerprint density at radius 3 is 2.38 bits per heavy atom. The van der Waals surface area contributed by atoms with Gasteiger partial charge in [0, 0.05) is 37.7 Å². The maximum atomic E-state index is 12.3. The molecule has 2 fully saturated rings. The third-order valence-corrected chi connectivity index (χ3v) is 7.62. The molecule has 3 heterocycles. The molecule has 1 aromatic carbocycles. The molecule has 2 N–H and O–H groups in total. The number of benzene rings is 1. The number of amides is 2. The van der Waals surface area contributed by atoms with Gasteiger partial charge in [0.1, 0.15) is 17.5 Å². The van der Waals surface area contributed by atoms with Crippen molar-refractivity contribution in [2.75, 3.05) is 24.6 Å². The van der Waals surface area contributed by atoms with Gasteiger partial charge in [0.2, 0.25) is 0 Å². The molecule has 0 atom stereocenters. The quantitative estimate of drug-likeness (QED) is 0.680. The number of piperidine rings is 1. The molecule has 2 amide bonds. The predicted molar refractivity (Wildman–Crippen MR) is 125 cm³/mol. The highest BCUT2D eigenvalue weighted by molar-refractivity contribution is 7.92. The van der Waals surface area contributed by atoms with Crippen molar-refractivity contribution in [2.45, 2.75) is 51.4 Å². The number of likely N-dealkylation sites (tertiary alicyclic amines) is 1. The highest BCUT2D eigenvalue weighted by Crippen LogP contribution is 2.30. The zero-order valence-corrected chi connectivity index (χ0v) is 20.4. The van der Waals surface area contributed by atoms with Crippen LogP contribution in [0.25, 0.3) is 11.1 Å². The van der Waals surface area contributed by atoms with E-state index in [2.05, 4.69) is 5.10 Å². The summed E-state index contributed by atoms with van der Waals surface area (Å²) >= 11 is 0. The molecule has 0 saturated carbocycles. The number of hydrogen-bond donors (Lipinski definition) is 1. The van der Waals surface area contributed by atoms with Gasteiger partial charge in [-0.25, -0.2) is 13.2 Å². The topological polar surface area (TPSA) is 134 Å². The van der Waals surface area contributed by atoms with Crippen LogP contribution < -0.4 is 10.5 Å². The van der Waals surface area contributed by atoms with Crippen LogP contribution >= 0.6 is 0 Å². The fourth-order valence-electron chi connectivity index (χ4n) is 4.04. The lowest BCUT2D eigenvalue weighted by molar-refractivity contribution is 0.0126. The van der Waals surface area contributed by atoms with E-state index in [-0.39, 0.29) is 35.3 Å². The van der Waals surface area contributed by atoms with Crippen LogP contribution in [0.4, 0.5) is 4.79 Å². The highest BCUT2D eigenvalue weighted by Gasteiger charge is 2.35. The van der Waals surface area contributed by atoms with Crippen molar-refractivity contribution >= 4 is 21.8 Å². The van der Waals surface area contributed by atoms with Gasteiger partial charge in [0.25, 0.3) is 5.91 Å². The van der Waals surface area contributed by atoms with Gasteiger partial charge in [-0.3, -0.25) is 9.48 Å². The lowest BCUT2D eigenvalue weighted by atomic mass is 10.0. The summed E-state index contributed by atoms with van der Waals surface area (Å²) in [6.07, 6.45) is 4.12. The van der Waals surface area contributed by atoms with E-state index in [4.69, 9.17) is 15.2 Å². The summed E-state index contributed by atoms with van der Waals surface area (Å²) < 4.78 is 36.0. The van der Waals surface area contributed by atoms with Gasteiger partial charge in [-0.1, -0.05) is 6.07 Å². The van der Waals surface area contributed by atoms with Crippen molar-refractivity contribution in [1.82, 2.24) is 14.7 Å². The average molecular weight is 491 g/mol. The van der Waals surface area contributed by atoms with Crippen LogP contribution in [0.2, 0.25) is 0 Å². The summed E-state index contributed by atoms with van der Waals surface area (Å²) in [7, 11) is -2.96. The van der Waals surface area contributed by atoms with Gasteiger partial charge in [-0.2, -0.15) is 5.10 Å². The standard InChI is InChI=1S/C23H30N4O6S/c1-23(2,3)33-22(29)26-8-6-18(7-9-26)32-20-5-4-15(10-19(20)21(24)28)16-11-25-27(12-16)17-13-34(30,31)14-17/h4-5,10-12,17-18H,6-9,13-14H2,1-3H3,(H2,24,28). The molecule has 10 nitrogen and oxygen atoms in total. The Bertz CT molecular complexity index is 1180. The second-order valence-corrected chi connectivity index (χ2v) is 12.0. The third kappa shape index (κ3) is 5.52. The molecule has 2 saturated heterocycles. The average Bonchev–Trinajstić information content (AvgIpc) is 3.21. The van der Waals surface area contributed by atoms with Crippen LogP contribution in [0.15, 0.2) is 30.6 Å². The predicted octanol–water partition coefficient (Wildman–Crippen LogP) is 2.40. The molecular formula is C23H30N4O6S. The van der Waals surface area contributed by atoms with Gasteiger partial charge >= 0.3 is 6.09 Å². The van der Waals surface area contributed by atoms with Crippen LogP contribution in [0.1, 0.15) is 50.0 Å². The summed E-state index contributed by atoms with van der Waals surface area (Å²) in [4.78, 5) is 26.1. The summed E-state index contributed by atoms with van der Waals surface area (Å²) in [6, 6.07) is 5.02. The number of rotatable bonds is 5. The molecule has 11 heteroatoms. The van der Waals surface area contributed by atoms with Crippen molar-refractivity contribution < 1.29 is 27.5 Å². The fraction of sp³-hybridized carbons (Fsp3) is 0.522. The van der Waals surface area contributed by atoms with Gasteiger partial charge in [-0.15, -0.1) is 0 Å². The SMILES string of the molecule is CC(C)(C)OC(=O)N1CCC(Oc2ccc(-c3cnn(C4CS(=O)(=O)C4)c3)cc2C(N)=O)CC1. The Kier molecular flexibility index (Phi) is 6.32. The molecule has 0 spiro atoms. The number of nitrogens with two attached hydrogens (primary N) is 1. The largest absolute Gasteiger partial charge is 0.489 e. The zero-order chi connectivity index (χ0) is 24.7. The smallest absolute Gasteiger partial charge is 0.410 e. The van der Waals surface area contributed by atoms with Gasteiger partial charge < -0.3 is 20.1 Å². The molecule has 2 aliphatic rings. The first-order valence-electron chi connectivity index (χ1n) is 11.2. The zero-order valence-electron chi connectivity index (χ0n) is 19.6. The third-order valence-electron chi connectivity index (χ3n) is 5.83. The maximum Gasteiger partial charge on any atom is 0.410 e. The lowest BCUT2D eigenvalue weighted by Crippen LogP contribution is -2.44. The van der Waals surface area contributed by atoms with Gasteiger partial charge in [-0.05, 0) is 38.5 Å². The van der Waals surface area contributed by atoms with Crippen molar-refractivity contribution in [3.05, 3.63) is 36.2 Å². The van der Waals surface area contributed by atoms with Crippen molar-refractivity contribution in [3.63, 3.8) is 0 Å². The normalized spacial score (nSPS) is 18.9. The first-order valence-corrected chi connectivity index (χ1v) is 13.1. The Labute approximate surface area is 198 Å². The number of sulfone groups is 1. The number of ether oxygens (including phenoxy) is 2. The minimum atomic E-state index is -2.96. The Morgan fingerprint density at radius 2 is 1.79 bits per heavy atom. The summed E-state index contributed by atoms with van der Waals surface area (Å²) in [5.74, 6) is -0.0506. The number of hydrogen-bond acceptors (Lipinski definition) is 7. The van der Waals surface area contributed by atoms with E-state index >= 15 is 0 Å². The Morgan fingerprint density at radius 1 is 1.12 bits per heavy atom. The van der Waals surface area contributed by atoms with E-state index in [0.29, 0.717) is 31.7 Å². The Hall–Kier alpha value is -3.08. The lowest BCUT2D eigenvalue weighted by Gasteiger charge is -2.33. The Balaban J connectivity index is 1.42. The second kappa shape index (κ2) is 8.94. The van der Waals surface area contributed by atoms with Gasteiger partial charge in [0.15, 0.2) is 9.84 Å². The monoisotopic (exact) mass is 490 g/mol. The van der Waals surface area contributed by atoms with E-state index in [1.807, 2.05) is 26.8 Å². The van der Waals surface area contributed by atoms with E-state index in [9.17, 15) is 18.0 Å². The molecule has 4 rings (SSSR count). The van der Waals surface area contributed by atoms with Gasteiger partial charge in [0.05, 0.1) is 29.3 Å². The molecule has 0 radical (unpaired) electrons. The van der Waals surface area contributed by atoms with Crippen LogP contribution in [-0.2, 0) is 14.6 Å². The molecule has 34 heavy (non-hydrogen) atoms. The van der Waals surface area contributed by atoms with E-state index in [1.165, 1.54) is 0 Å². The fourth-order valence-corrected chi connectivity index (χ4v) is 5.42.